The quantitative estimate of drug-likeness (QED) is 0.696. The number of nitrogens with zero attached hydrogens (tertiary/aromatic N) is 1. The Balaban J connectivity index is 2.50. The van der Waals surface area contributed by atoms with E-state index in [-0.39, 0.29) is 4.75 Å². The molecule has 3 heteroatoms. The number of nitrogens with one attached hydrogen (secondary N) is 1. The van der Waals surface area contributed by atoms with Gasteiger partial charge in [-0.1, -0.05) is 12.1 Å². The Morgan fingerprint density at radius 2 is 2.12 bits per heavy atom. The van der Waals surface area contributed by atoms with Crippen LogP contribution in [0.25, 0.3) is 0 Å². The number of rotatable bonds is 0. The molecule has 0 bridgehead atoms. The fraction of sp³-hybridized carbons (Fsp3) is 0.357. The summed E-state index contributed by atoms with van der Waals surface area (Å²) in [5, 5.41) is 12.4. The average molecular weight is 244 g/mol. The van der Waals surface area contributed by atoms with Crippen LogP contribution in [0.5, 0.6) is 0 Å². The molecule has 0 amide bonds. The van der Waals surface area contributed by atoms with Gasteiger partial charge in [0, 0.05) is 27.3 Å². The van der Waals surface area contributed by atoms with E-state index in [9.17, 15) is 0 Å². The predicted molar refractivity (Wildman–Crippen MR) is 72.9 cm³/mol. The molecule has 17 heavy (non-hydrogen) atoms. The summed E-state index contributed by atoms with van der Waals surface area (Å²) in [6.07, 6.45) is 0.881. The smallest absolute Gasteiger partial charge is 0.0962 e. The van der Waals surface area contributed by atoms with Crippen LogP contribution in [0.15, 0.2) is 40.4 Å². The van der Waals surface area contributed by atoms with Crippen molar-refractivity contribution in [1.29, 1.82) is 5.26 Å². The van der Waals surface area contributed by atoms with Crippen molar-refractivity contribution in [1.82, 2.24) is 0 Å². The maximum absolute atomic E-state index is 9.04. The molecule has 1 aliphatic rings. The normalized spacial score (nSPS) is 20.6. The van der Waals surface area contributed by atoms with E-state index in [0.717, 1.165) is 23.4 Å². The van der Waals surface area contributed by atoms with E-state index in [1.807, 2.05) is 24.8 Å². The van der Waals surface area contributed by atoms with E-state index in [0.29, 0.717) is 0 Å². The molecule has 0 radical (unpaired) electrons. The second-order valence-electron chi connectivity index (χ2n) is 4.88. The van der Waals surface area contributed by atoms with Crippen molar-refractivity contribution in [2.24, 2.45) is 0 Å². The molecule has 88 valence electrons. The van der Waals surface area contributed by atoms with Crippen LogP contribution < -0.4 is 5.32 Å². The number of nitriles is 1. The van der Waals surface area contributed by atoms with Crippen molar-refractivity contribution in [2.75, 3.05) is 5.32 Å². The Morgan fingerprint density at radius 3 is 2.82 bits per heavy atom. The first-order valence-corrected chi connectivity index (χ1v) is 6.48. The van der Waals surface area contributed by atoms with E-state index in [4.69, 9.17) is 5.26 Å². The summed E-state index contributed by atoms with van der Waals surface area (Å²) in [6.45, 7) is 6.30. The van der Waals surface area contributed by atoms with Crippen LogP contribution >= 0.6 is 11.8 Å². The highest BCUT2D eigenvalue weighted by molar-refractivity contribution is 8.00. The number of hydrogen-bond donors (Lipinski definition) is 1. The monoisotopic (exact) mass is 244 g/mol. The van der Waals surface area contributed by atoms with E-state index in [1.165, 1.54) is 4.90 Å². The Bertz CT molecular complexity index is 509. The average Bonchev–Trinajstić information content (AvgIpc) is 2.42. The van der Waals surface area contributed by atoms with Crippen molar-refractivity contribution < 1.29 is 0 Å². The summed E-state index contributed by atoms with van der Waals surface area (Å²) in [5.41, 5.74) is 2.91. The minimum absolute atomic E-state index is 0.104. The molecule has 2 rings (SSSR count). The lowest BCUT2D eigenvalue weighted by molar-refractivity contribution is 0.705. The van der Waals surface area contributed by atoms with Crippen molar-refractivity contribution in [3.05, 3.63) is 35.5 Å². The summed E-state index contributed by atoms with van der Waals surface area (Å²) in [6, 6.07) is 10.5. The van der Waals surface area contributed by atoms with E-state index >= 15 is 0 Å². The zero-order valence-corrected chi connectivity index (χ0v) is 11.2. The molecule has 0 spiro atoms. The fourth-order valence-electron chi connectivity index (χ4n) is 1.92. The van der Waals surface area contributed by atoms with E-state index in [1.54, 1.807) is 0 Å². The second-order valence-corrected chi connectivity index (χ2v) is 6.62. The van der Waals surface area contributed by atoms with Crippen LogP contribution in [0.2, 0.25) is 0 Å². The van der Waals surface area contributed by atoms with Crippen LogP contribution in [0.3, 0.4) is 0 Å². The first-order chi connectivity index (χ1) is 8.02. The zero-order valence-electron chi connectivity index (χ0n) is 10.4. The van der Waals surface area contributed by atoms with Gasteiger partial charge in [0.15, 0.2) is 0 Å². The number of allylic oxidation sites excluding steroid dienone is 2. The van der Waals surface area contributed by atoms with Crippen LogP contribution in [-0.4, -0.2) is 4.75 Å². The van der Waals surface area contributed by atoms with Gasteiger partial charge in [-0.3, -0.25) is 0 Å². The van der Waals surface area contributed by atoms with Crippen LogP contribution in [0, 0.1) is 11.3 Å². The standard InChI is InChI=1S/C14H16N2S/c1-10(9-15)12-8-14(2,3)17-13-7-5-4-6-11(13)16-12/h4-7,16H,8H2,1-3H3/b12-10-. The lowest BCUT2D eigenvalue weighted by atomic mass is 10.0. The molecule has 1 aliphatic heterocycles. The molecular weight excluding hydrogens is 228 g/mol. The molecule has 0 unspecified atom stereocenters. The number of fused-ring (bicyclic) bond motifs is 1. The molecule has 1 aromatic carbocycles. The Kier molecular flexibility index (Phi) is 3.17. The van der Waals surface area contributed by atoms with Gasteiger partial charge in [0.05, 0.1) is 11.8 Å². The molecular formula is C14H16N2S. The third-order valence-electron chi connectivity index (χ3n) is 2.78. The SMILES string of the molecule is C/C(C#N)=C1\CC(C)(C)Sc2ccccc2N1. The highest BCUT2D eigenvalue weighted by Gasteiger charge is 2.27. The molecule has 0 saturated carbocycles. The number of para-hydroxylation sites is 1. The molecule has 1 heterocycles. The minimum atomic E-state index is 0.104. The highest BCUT2D eigenvalue weighted by atomic mass is 32.2. The maximum Gasteiger partial charge on any atom is 0.0962 e. The Hall–Kier alpha value is -1.40. The number of anilines is 1. The van der Waals surface area contributed by atoms with Gasteiger partial charge in [-0.25, -0.2) is 0 Å². The van der Waals surface area contributed by atoms with Crippen molar-refractivity contribution in [2.45, 2.75) is 36.8 Å². The minimum Gasteiger partial charge on any atom is -0.357 e. The Morgan fingerprint density at radius 1 is 1.41 bits per heavy atom. The predicted octanol–water partition coefficient (Wildman–Crippen LogP) is 4.17. The summed E-state index contributed by atoms with van der Waals surface area (Å²) in [7, 11) is 0. The lowest BCUT2D eigenvalue weighted by Crippen LogP contribution is -2.16. The van der Waals surface area contributed by atoms with Gasteiger partial charge in [-0.05, 0) is 32.9 Å². The van der Waals surface area contributed by atoms with Gasteiger partial charge in [-0.2, -0.15) is 5.26 Å². The van der Waals surface area contributed by atoms with E-state index in [2.05, 4.69) is 43.4 Å². The van der Waals surface area contributed by atoms with Crippen molar-refractivity contribution in [3.8, 4) is 6.07 Å². The van der Waals surface area contributed by atoms with E-state index < -0.39 is 0 Å². The molecule has 0 aliphatic carbocycles. The van der Waals surface area contributed by atoms with Gasteiger partial charge >= 0.3 is 0 Å². The third-order valence-corrected chi connectivity index (χ3v) is 4.05. The second kappa shape index (κ2) is 4.46. The topological polar surface area (TPSA) is 35.8 Å². The van der Waals surface area contributed by atoms with Gasteiger partial charge < -0.3 is 5.32 Å². The first kappa shape index (κ1) is 12.1. The third kappa shape index (κ3) is 2.65. The molecule has 0 atom stereocenters. The molecule has 0 saturated heterocycles. The summed E-state index contributed by atoms with van der Waals surface area (Å²) >= 11 is 1.86. The molecule has 0 fully saturated rings. The van der Waals surface area contributed by atoms with Gasteiger partial charge in [0.2, 0.25) is 0 Å². The zero-order chi connectivity index (χ0) is 12.5. The van der Waals surface area contributed by atoms with Gasteiger partial charge in [-0.15, -0.1) is 11.8 Å². The van der Waals surface area contributed by atoms with Gasteiger partial charge in [0.25, 0.3) is 0 Å². The molecule has 2 nitrogen and oxygen atoms in total. The molecule has 1 aromatic rings. The molecule has 0 aromatic heterocycles. The number of thioether (sulfide) groups is 1. The Labute approximate surface area is 107 Å². The summed E-state index contributed by atoms with van der Waals surface area (Å²) in [5.74, 6) is 0. The largest absolute Gasteiger partial charge is 0.357 e. The van der Waals surface area contributed by atoms with Crippen LogP contribution in [0.1, 0.15) is 27.2 Å². The summed E-state index contributed by atoms with van der Waals surface area (Å²) < 4.78 is 0.104. The highest BCUT2D eigenvalue weighted by Crippen LogP contribution is 2.44. The van der Waals surface area contributed by atoms with Crippen molar-refractivity contribution in [3.63, 3.8) is 0 Å². The molecule has 1 N–H and O–H groups in total. The number of benzene rings is 1. The van der Waals surface area contributed by atoms with Crippen molar-refractivity contribution >= 4 is 17.4 Å². The van der Waals surface area contributed by atoms with Crippen LogP contribution in [0.4, 0.5) is 5.69 Å². The fourth-order valence-corrected chi connectivity index (χ4v) is 3.11. The number of hydrogen-bond acceptors (Lipinski definition) is 3. The van der Waals surface area contributed by atoms with Crippen LogP contribution in [-0.2, 0) is 0 Å². The lowest BCUT2D eigenvalue weighted by Gasteiger charge is -2.22. The first-order valence-electron chi connectivity index (χ1n) is 5.67. The maximum atomic E-state index is 9.04. The summed E-state index contributed by atoms with van der Waals surface area (Å²) in [4.78, 5) is 1.25. The van der Waals surface area contributed by atoms with Gasteiger partial charge in [0.1, 0.15) is 0 Å².